The van der Waals surface area contributed by atoms with Crippen molar-refractivity contribution in [1.29, 1.82) is 0 Å². The Bertz CT molecular complexity index is 1120. The minimum Gasteiger partial charge on any atom is -0.482 e. The molecule has 0 spiro atoms. The molecule has 0 aliphatic heterocycles. The number of fused-ring (bicyclic) bond motifs is 1. The highest BCUT2D eigenvalue weighted by molar-refractivity contribution is 5.96. The molecule has 1 aliphatic rings. The quantitative estimate of drug-likeness (QED) is 0.392. The van der Waals surface area contributed by atoms with Crippen LogP contribution in [0.2, 0.25) is 0 Å². The van der Waals surface area contributed by atoms with Gasteiger partial charge in [-0.05, 0) is 61.2 Å². The molecule has 174 valence electrons. The molecule has 0 saturated heterocycles. The van der Waals surface area contributed by atoms with Gasteiger partial charge in [0.25, 0.3) is 0 Å². The lowest BCUT2D eigenvalue weighted by Gasteiger charge is -2.24. The van der Waals surface area contributed by atoms with Crippen molar-refractivity contribution in [3.05, 3.63) is 95.6 Å². The predicted octanol–water partition coefficient (Wildman–Crippen LogP) is 5.93. The van der Waals surface area contributed by atoms with Crippen LogP contribution in [0.3, 0.4) is 0 Å². The molecule has 0 saturated carbocycles. The summed E-state index contributed by atoms with van der Waals surface area (Å²) in [5.41, 5.74) is 4.54. The van der Waals surface area contributed by atoms with Crippen LogP contribution in [0.5, 0.6) is 5.75 Å². The van der Waals surface area contributed by atoms with Crippen molar-refractivity contribution in [2.75, 3.05) is 24.7 Å². The zero-order valence-corrected chi connectivity index (χ0v) is 19.1. The molecule has 3 aromatic carbocycles. The first-order valence-corrected chi connectivity index (χ1v) is 11.3. The number of nitrogens with zero attached hydrogens (tertiary/aromatic N) is 1. The van der Waals surface area contributed by atoms with E-state index in [1.165, 1.54) is 0 Å². The standard InChI is InChI=1S/C28H27NO5/c1-2-32-27(30)20-33-26-15-9-10-22-18-21(16-17-25(22)26)19-34-28(31)29(23-11-5-3-6-12-23)24-13-7-4-8-14-24/h3-15,18H,2,16-17,19-20H2,1H3. The monoisotopic (exact) mass is 457 g/mol. The topological polar surface area (TPSA) is 65.1 Å². The second kappa shape index (κ2) is 11.2. The van der Waals surface area contributed by atoms with E-state index in [1.54, 1.807) is 11.8 Å². The van der Waals surface area contributed by atoms with Crippen molar-refractivity contribution in [3.63, 3.8) is 0 Å². The SMILES string of the molecule is CCOC(=O)COc1cccc2c1CCC(COC(=O)N(c1ccccc1)c1ccccc1)=C2. The van der Waals surface area contributed by atoms with E-state index < -0.39 is 6.09 Å². The van der Waals surface area contributed by atoms with Gasteiger partial charge in [-0.2, -0.15) is 0 Å². The third kappa shape index (κ3) is 5.64. The summed E-state index contributed by atoms with van der Waals surface area (Å²) in [7, 11) is 0. The van der Waals surface area contributed by atoms with Crippen molar-refractivity contribution in [3.8, 4) is 5.75 Å². The Morgan fingerprint density at radius 2 is 1.50 bits per heavy atom. The van der Waals surface area contributed by atoms with Crippen LogP contribution in [-0.4, -0.2) is 31.9 Å². The van der Waals surface area contributed by atoms with Gasteiger partial charge in [0.15, 0.2) is 6.61 Å². The summed E-state index contributed by atoms with van der Waals surface area (Å²) in [5.74, 6) is 0.289. The Kier molecular flexibility index (Phi) is 7.60. The summed E-state index contributed by atoms with van der Waals surface area (Å²) in [4.78, 5) is 26.3. The predicted molar refractivity (Wildman–Crippen MR) is 131 cm³/mol. The van der Waals surface area contributed by atoms with E-state index in [9.17, 15) is 9.59 Å². The third-order valence-electron chi connectivity index (χ3n) is 5.47. The van der Waals surface area contributed by atoms with Gasteiger partial charge in [0, 0.05) is 5.56 Å². The van der Waals surface area contributed by atoms with E-state index in [0.717, 1.165) is 40.9 Å². The van der Waals surface area contributed by atoms with Gasteiger partial charge < -0.3 is 14.2 Å². The van der Waals surface area contributed by atoms with E-state index in [2.05, 4.69) is 0 Å². The molecular weight excluding hydrogens is 430 g/mol. The maximum absolute atomic E-state index is 13.1. The molecule has 3 aromatic rings. The number of carbonyl (C=O) groups is 2. The lowest BCUT2D eigenvalue weighted by Crippen LogP contribution is -2.27. The highest BCUT2D eigenvalue weighted by atomic mass is 16.6. The fourth-order valence-electron chi connectivity index (χ4n) is 3.88. The molecule has 0 heterocycles. The first kappa shape index (κ1) is 23.1. The number of anilines is 2. The van der Waals surface area contributed by atoms with Crippen LogP contribution in [0.25, 0.3) is 6.08 Å². The number of hydrogen-bond acceptors (Lipinski definition) is 5. The average Bonchev–Trinajstić information content (AvgIpc) is 2.87. The first-order chi connectivity index (χ1) is 16.7. The van der Waals surface area contributed by atoms with Crippen LogP contribution < -0.4 is 9.64 Å². The summed E-state index contributed by atoms with van der Waals surface area (Å²) in [6, 6.07) is 24.6. The van der Waals surface area contributed by atoms with E-state index >= 15 is 0 Å². The summed E-state index contributed by atoms with van der Waals surface area (Å²) in [5, 5.41) is 0. The van der Waals surface area contributed by atoms with Gasteiger partial charge in [-0.1, -0.05) is 54.6 Å². The van der Waals surface area contributed by atoms with Gasteiger partial charge in [-0.15, -0.1) is 0 Å². The van der Waals surface area contributed by atoms with Crippen molar-refractivity contribution in [2.45, 2.75) is 19.8 Å². The van der Waals surface area contributed by atoms with E-state index in [0.29, 0.717) is 12.4 Å². The minimum absolute atomic E-state index is 0.118. The van der Waals surface area contributed by atoms with Crippen LogP contribution >= 0.6 is 0 Å². The van der Waals surface area contributed by atoms with Gasteiger partial charge in [0.2, 0.25) is 0 Å². The number of para-hydroxylation sites is 2. The molecule has 34 heavy (non-hydrogen) atoms. The molecule has 0 atom stereocenters. The van der Waals surface area contributed by atoms with Gasteiger partial charge >= 0.3 is 12.1 Å². The Morgan fingerprint density at radius 3 is 2.15 bits per heavy atom. The van der Waals surface area contributed by atoms with E-state index in [-0.39, 0.29) is 19.2 Å². The molecule has 0 unspecified atom stereocenters. The summed E-state index contributed by atoms with van der Waals surface area (Å²) in [6.45, 7) is 2.17. The van der Waals surface area contributed by atoms with Crippen molar-refractivity contribution >= 4 is 29.5 Å². The molecule has 0 bridgehead atoms. The van der Waals surface area contributed by atoms with Crippen molar-refractivity contribution < 1.29 is 23.8 Å². The number of esters is 1. The summed E-state index contributed by atoms with van der Waals surface area (Å²) < 4.78 is 16.3. The molecule has 4 rings (SSSR count). The Hall–Kier alpha value is -4.06. The Morgan fingerprint density at radius 1 is 0.824 bits per heavy atom. The molecule has 6 heteroatoms. The highest BCUT2D eigenvalue weighted by Gasteiger charge is 2.21. The normalized spacial score (nSPS) is 12.2. The van der Waals surface area contributed by atoms with E-state index in [4.69, 9.17) is 14.2 Å². The zero-order chi connectivity index (χ0) is 23.8. The van der Waals surface area contributed by atoms with Crippen LogP contribution in [-0.2, 0) is 20.7 Å². The summed E-state index contributed by atoms with van der Waals surface area (Å²) >= 11 is 0. The number of carbonyl (C=O) groups excluding carboxylic acids is 2. The molecule has 6 nitrogen and oxygen atoms in total. The largest absolute Gasteiger partial charge is 0.482 e. The number of benzene rings is 3. The van der Waals surface area contributed by atoms with Gasteiger partial charge in [0.1, 0.15) is 12.4 Å². The molecule has 0 N–H and O–H groups in total. The lowest BCUT2D eigenvalue weighted by molar-refractivity contribution is -0.145. The van der Waals surface area contributed by atoms with Gasteiger partial charge in [0.05, 0.1) is 18.0 Å². The number of ether oxygens (including phenoxy) is 3. The highest BCUT2D eigenvalue weighted by Crippen LogP contribution is 2.32. The van der Waals surface area contributed by atoms with Crippen LogP contribution in [0, 0.1) is 0 Å². The molecule has 1 amide bonds. The minimum atomic E-state index is -0.435. The average molecular weight is 458 g/mol. The second-order valence-corrected chi connectivity index (χ2v) is 7.78. The van der Waals surface area contributed by atoms with Gasteiger partial charge in [-0.3, -0.25) is 0 Å². The first-order valence-electron chi connectivity index (χ1n) is 11.3. The third-order valence-corrected chi connectivity index (χ3v) is 5.47. The van der Waals surface area contributed by atoms with Crippen LogP contribution in [0.1, 0.15) is 24.5 Å². The number of rotatable bonds is 8. The van der Waals surface area contributed by atoms with Crippen LogP contribution in [0.4, 0.5) is 16.2 Å². The Balaban J connectivity index is 1.45. The van der Waals surface area contributed by atoms with Crippen LogP contribution in [0.15, 0.2) is 84.4 Å². The number of hydrogen-bond donors (Lipinski definition) is 0. The van der Waals surface area contributed by atoms with Crippen molar-refractivity contribution in [1.82, 2.24) is 0 Å². The lowest BCUT2D eigenvalue weighted by atomic mass is 9.92. The maximum Gasteiger partial charge on any atom is 0.419 e. The molecule has 0 radical (unpaired) electrons. The molecule has 0 aromatic heterocycles. The number of amides is 1. The molecule has 0 fully saturated rings. The Labute approximate surface area is 199 Å². The smallest absolute Gasteiger partial charge is 0.419 e. The van der Waals surface area contributed by atoms with Crippen molar-refractivity contribution in [2.24, 2.45) is 0 Å². The summed E-state index contributed by atoms with van der Waals surface area (Å²) in [6.07, 6.45) is 3.06. The van der Waals surface area contributed by atoms with E-state index in [1.807, 2.05) is 84.9 Å². The van der Waals surface area contributed by atoms with Gasteiger partial charge in [-0.25, -0.2) is 14.5 Å². The molecular formula is C28H27NO5. The maximum atomic E-state index is 13.1. The fraction of sp³-hybridized carbons (Fsp3) is 0.214. The molecule has 1 aliphatic carbocycles. The second-order valence-electron chi connectivity index (χ2n) is 7.78. The zero-order valence-electron chi connectivity index (χ0n) is 19.1. The fourth-order valence-corrected chi connectivity index (χ4v) is 3.88.